The van der Waals surface area contributed by atoms with Gasteiger partial charge in [-0.3, -0.25) is 14.4 Å². The Bertz CT molecular complexity index is 457. The van der Waals surface area contributed by atoms with Crippen molar-refractivity contribution in [2.45, 2.75) is 19.9 Å². The Morgan fingerprint density at radius 2 is 2.12 bits per heavy atom. The summed E-state index contributed by atoms with van der Waals surface area (Å²) in [5.74, 6) is -2.01. The van der Waals surface area contributed by atoms with E-state index in [1.165, 1.54) is 19.2 Å². The maximum absolute atomic E-state index is 11.5. The van der Waals surface area contributed by atoms with Gasteiger partial charge >= 0.3 is 5.97 Å². The summed E-state index contributed by atoms with van der Waals surface area (Å²) in [6.07, 6.45) is 0. The second-order valence-corrected chi connectivity index (χ2v) is 4.11. The van der Waals surface area contributed by atoms with Gasteiger partial charge in [-0.15, -0.1) is 11.3 Å². The average molecular weight is 257 g/mol. The van der Waals surface area contributed by atoms with Gasteiger partial charge in [-0.2, -0.15) is 0 Å². The lowest BCUT2D eigenvalue weighted by Gasteiger charge is -2.06. The van der Waals surface area contributed by atoms with E-state index in [-0.39, 0.29) is 11.6 Å². The topological polar surface area (TPSA) is 108 Å². The molecule has 0 fully saturated rings. The molecular formula is C9H11N3O4S. The molecule has 0 unspecified atom stereocenters. The molecule has 0 radical (unpaired) electrons. The van der Waals surface area contributed by atoms with E-state index in [0.717, 1.165) is 11.3 Å². The minimum atomic E-state index is -1.13. The van der Waals surface area contributed by atoms with Crippen LogP contribution in [0.3, 0.4) is 0 Å². The van der Waals surface area contributed by atoms with Crippen molar-refractivity contribution in [3.8, 4) is 0 Å². The van der Waals surface area contributed by atoms with Gasteiger partial charge in [0.2, 0.25) is 5.91 Å². The number of aromatic nitrogens is 1. The molecule has 0 spiro atoms. The maximum atomic E-state index is 11.5. The number of carbonyl (C=O) groups excluding carboxylic acids is 2. The number of amides is 2. The Kier molecular flexibility index (Phi) is 4.16. The van der Waals surface area contributed by atoms with Gasteiger partial charge in [-0.1, -0.05) is 0 Å². The van der Waals surface area contributed by atoms with Gasteiger partial charge in [-0.05, 0) is 6.92 Å². The van der Waals surface area contributed by atoms with Crippen LogP contribution in [0.1, 0.15) is 24.3 Å². The first-order chi connectivity index (χ1) is 7.90. The van der Waals surface area contributed by atoms with Gasteiger partial charge in [0.25, 0.3) is 5.91 Å². The third-order valence-electron chi connectivity index (χ3n) is 1.74. The molecule has 0 saturated heterocycles. The van der Waals surface area contributed by atoms with Crippen molar-refractivity contribution in [2.75, 3.05) is 5.32 Å². The zero-order valence-corrected chi connectivity index (χ0v) is 10.00. The smallest absolute Gasteiger partial charge is 0.325 e. The second-order valence-electron chi connectivity index (χ2n) is 3.25. The van der Waals surface area contributed by atoms with E-state index < -0.39 is 17.9 Å². The fraction of sp³-hybridized carbons (Fsp3) is 0.333. The molecule has 0 saturated carbocycles. The average Bonchev–Trinajstić information content (AvgIpc) is 2.64. The van der Waals surface area contributed by atoms with Crippen molar-refractivity contribution in [2.24, 2.45) is 0 Å². The minimum absolute atomic E-state index is 0.0758. The van der Waals surface area contributed by atoms with E-state index >= 15 is 0 Å². The third kappa shape index (κ3) is 3.83. The first-order valence-electron chi connectivity index (χ1n) is 4.67. The van der Waals surface area contributed by atoms with Gasteiger partial charge in [-0.25, -0.2) is 4.98 Å². The van der Waals surface area contributed by atoms with Crippen molar-refractivity contribution >= 4 is 34.3 Å². The summed E-state index contributed by atoms with van der Waals surface area (Å²) in [4.78, 5) is 36.6. The highest BCUT2D eigenvalue weighted by atomic mass is 32.1. The standard InChI is InChI=1S/C9H11N3O4S/c1-4(8(15)16)10-7(14)6-3-17-9(12-6)11-5(2)13/h3-4H,1-2H3,(H,10,14)(H,15,16)(H,11,12,13)/t4-/m1/s1. The molecule has 3 N–H and O–H groups in total. The van der Waals surface area contributed by atoms with Crippen molar-refractivity contribution in [3.05, 3.63) is 11.1 Å². The van der Waals surface area contributed by atoms with E-state index in [2.05, 4.69) is 15.6 Å². The van der Waals surface area contributed by atoms with E-state index in [1.54, 1.807) is 0 Å². The zero-order valence-electron chi connectivity index (χ0n) is 9.18. The summed E-state index contributed by atoms with van der Waals surface area (Å²) in [5.41, 5.74) is 0.0758. The highest BCUT2D eigenvalue weighted by Gasteiger charge is 2.17. The lowest BCUT2D eigenvalue weighted by Crippen LogP contribution is -2.38. The van der Waals surface area contributed by atoms with Crippen molar-refractivity contribution < 1.29 is 19.5 Å². The number of carboxylic acids is 1. The summed E-state index contributed by atoms with van der Waals surface area (Å²) >= 11 is 1.09. The second kappa shape index (κ2) is 5.39. The lowest BCUT2D eigenvalue weighted by atomic mass is 10.3. The minimum Gasteiger partial charge on any atom is -0.480 e. The number of carbonyl (C=O) groups is 3. The number of anilines is 1. The Morgan fingerprint density at radius 1 is 1.47 bits per heavy atom. The Labute approximate surface area is 101 Å². The van der Waals surface area contributed by atoms with E-state index in [4.69, 9.17) is 5.11 Å². The molecule has 7 nitrogen and oxygen atoms in total. The Balaban J connectivity index is 2.67. The van der Waals surface area contributed by atoms with Crippen LogP contribution in [0.25, 0.3) is 0 Å². The Morgan fingerprint density at radius 3 is 2.65 bits per heavy atom. The molecule has 1 heterocycles. The van der Waals surface area contributed by atoms with Gasteiger partial charge in [0.1, 0.15) is 11.7 Å². The molecular weight excluding hydrogens is 246 g/mol. The molecule has 0 aliphatic heterocycles. The molecule has 0 bridgehead atoms. The van der Waals surface area contributed by atoms with E-state index in [1.807, 2.05) is 0 Å². The SMILES string of the molecule is CC(=O)Nc1nc(C(=O)N[C@H](C)C(=O)O)cs1. The monoisotopic (exact) mass is 257 g/mol. The summed E-state index contributed by atoms with van der Waals surface area (Å²) in [7, 11) is 0. The van der Waals surface area contributed by atoms with Crippen LogP contribution in [-0.4, -0.2) is 33.9 Å². The number of aliphatic carboxylic acids is 1. The highest BCUT2D eigenvalue weighted by Crippen LogP contribution is 2.15. The van der Waals surface area contributed by atoms with Crippen LogP contribution in [0.5, 0.6) is 0 Å². The van der Waals surface area contributed by atoms with Crippen LogP contribution >= 0.6 is 11.3 Å². The lowest BCUT2D eigenvalue weighted by molar-refractivity contribution is -0.138. The largest absolute Gasteiger partial charge is 0.480 e. The van der Waals surface area contributed by atoms with Gasteiger partial charge in [0, 0.05) is 12.3 Å². The molecule has 1 aromatic rings. The van der Waals surface area contributed by atoms with Crippen molar-refractivity contribution in [3.63, 3.8) is 0 Å². The summed E-state index contributed by atoms with van der Waals surface area (Å²) < 4.78 is 0. The molecule has 1 rings (SSSR count). The molecule has 92 valence electrons. The molecule has 0 aromatic carbocycles. The van der Waals surface area contributed by atoms with Gasteiger partial charge < -0.3 is 15.7 Å². The van der Waals surface area contributed by atoms with E-state index in [0.29, 0.717) is 5.13 Å². The number of carboxylic acid groups (broad SMARTS) is 1. The van der Waals surface area contributed by atoms with Crippen LogP contribution in [0.2, 0.25) is 0 Å². The molecule has 0 aliphatic rings. The number of rotatable bonds is 4. The highest BCUT2D eigenvalue weighted by molar-refractivity contribution is 7.14. The molecule has 1 atom stereocenters. The molecule has 0 aliphatic carbocycles. The molecule has 1 aromatic heterocycles. The first-order valence-corrected chi connectivity index (χ1v) is 5.55. The molecule has 2 amide bonds. The first kappa shape index (κ1) is 13.1. The fourth-order valence-corrected chi connectivity index (χ4v) is 1.66. The summed E-state index contributed by atoms with van der Waals surface area (Å²) in [6, 6.07) is -0.992. The fourth-order valence-electron chi connectivity index (χ4n) is 0.918. The third-order valence-corrected chi connectivity index (χ3v) is 2.50. The molecule has 8 heteroatoms. The van der Waals surface area contributed by atoms with Crippen LogP contribution in [0, 0.1) is 0 Å². The van der Waals surface area contributed by atoms with E-state index in [9.17, 15) is 14.4 Å². The van der Waals surface area contributed by atoms with Crippen molar-refractivity contribution in [1.82, 2.24) is 10.3 Å². The van der Waals surface area contributed by atoms with Crippen molar-refractivity contribution in [1.29, 1.82) is 0 Å². The number of hydrogen-bond donors (Lipinski definition) is 3. The predicted octanol–water partition coefficient (Wildman–Crippen LogP) is 0.304. The van der Waals surface area contributed by atoms with Crippen LogP contribution in [-0.2, 0) is 9.59 Å². The quantitative estimate of drug-likeness (QED) is 0.719. The number of nitrogens with zero attached hydrogens (tertiary/aromatic N) is 1. The zero-order chi connectivity index (χ0) is 13.0. The number of hydrogen-bond acceptors (Lipinski definition) is 5. The number of nitrogens with one attached hydrogen (secondary N) is 2. The van der Waals surface area contributed by atoms with Gasteiger partial charge in [0.15, 0.2) is 5.13 Å². The van der Waals surface area contributed by atoms with Crippen LogP contribution in [0.4, 0.5) is 5.13 Å². The number of thiazole rings is 1. The summed E-state index contributed by atoms with van der Waals surface area (Å²) in [6.45, 7) is 2.68. The van der Waals surface area contributed by atoms with Crippen LogP contribution in [0.15, 0.2) is 5.38 Å². The maximum Gasteiger partial charge on any atom is 0.325 e. The summed E-state index contributed by atoms with van der Waals surface area (Å²) in [5, 5.41) is 15.0. The predicted molar refractivity (Wildman–Crippen MR) is 61.0 cm³/mol. The van der Waals surface area contributed by atoms with Crippen LogP contribution < -0.4 is 10.6 Å². The Hall–Kier alpha value is -1.96. The normalized spacial score (nSPS) is 11.6. The van der Waals surface area contributed by atoms with Gasteiger partial charge in [0.05, 0.1) is 0 Å². The molecule has 17 heavy (non-hydrogen) atoms.